The molecule has 0 saturated carbocycles. The summed E-state index contributed by atoms with van der Waals surface area (Å²) in [6.07, 6.45) is 6.07. The van der Waals surface area contributed by atoms with Gasteiger partial charge in [-0.05, 0) is 33.0 Å². The van der Waals surface area contributed by atoms with E-state index in [0.717, 1.165) is 13.1 Å². The van der Waals surface area contributed by atoms with Crippen LogP contribution < -0.4 is 0 Å². The molecule has 0 unspecified atom stereocenters. The lowest BCUT2D eigenvalue weighted by Gasteiger charge is -2.15. The minimum atomic E-state index is 1.02. The summed E-state index contributed by atoms with van der Waals surface area (Å²) >= 11 is 0. The van der Waals surface area contributed by atoms with Crippen molar-refractivity contribution in [3.05, 3.63) is 36.0 Å². The molecule has 0 heterocycles. The third-order valence-electron chi connectivity index (χ3n) is 2.11. The molecule has 0 fully saturated rings. The molecule has 0 aliphatic heterocycles. The van der Waals surface area contributed by atoms with Crippen molar-refractivity contribution in [3.8, 4) is 0 Å². The van der Waals surface area contributed by atoms with Gasteiger partial charge in [0.1, 0.15) is 0 Å². The van der Waals surface area contributed by atoms with Gasteiger partial charge in [0.15, 0.2) is 0 Å². The Kier molecular flexibility index (Phi) is 6.25. The topological polar surface area (TPSA) is 3.24 Å². The Bertz CT molecular complexity index is 211. The fourth-order valence-electron chi connectivity index (χ4n) is 1.17. The normalized spacial score (nSPS) is 13.6. The summed E-state index contributed by atoms with van der Waals surface area (Å²) in [5.74, 6) is 0. The van der Waals surface area contributed by atoms with E-state index in [4.69, 9.17) is 0 Å². The summed E-state index contributed by atoms with van der Waals surface area (Å²) < 4.78 is 0. The van der Waals surface area contributed by atoms with Crippen LogP contribution in [0.5, 0.6) is 0 Å². The van der Waals surface area contributed by atoms with Crippen molar-refractivity contribution in [3.63, 3.8) is 0 Å². The van der Waals surface area contributed by atoms with Crippen LogP contribution in [0.1, 0.15) is 20.8 Å². The Labute approximate surface area is 82.4 Å². The Morgan fingerprint density at radius 3 is 2.46 bits per heavy atom. The molecule has 13 heavy (non-hydrogen) atoms. The maximum absolute atomic E-state index is 3.81. The lowest BCUT2D eigenvalue weighted by Crippen LogP contribution is -2.20. The van der Waals surface area contributed by atoms with Gasteiger partial charge in [0.05, 0.1) is 0 Å². The third-order valence-corrected chi connectivity index (χ3v) is 2.11. The van der Waals surface area contributed by atoms with Crippen molar-refractivity contribution < 1.29 is 0 Å². The number of allylic oxidation sites excluding steroid dienone is 4. The average Bonchev–Trinajstić information content (AvgIpc) is 2.13. The molecule has 0 N–H and O–H groups in total. The lowest BCUT2D eigenvalue weighted by molar-refractivity contribution is 0.383. The lowest BCUT2D eigenvalue weighted by atomic mass is 10.1. The van der Waals surface area contributed by atoms with E-state index in [0.29, 0.717) is 0 Å². The van der Waals surface area contributed by atoms with Crippen LogP contribution in [0.2, 0.25) is 0 Å². The van der Waals surface area contributed by atoms with Crippen molar-refractivity contribution in [2.75, 3.05) is 20.1 Å². The number of likely N-dealkylation sites (N-methyl/N-ethyl adjacent to an activating group) is 1. The molecule has 0 spiro atoms. The second kappa shape index (κ2) is 6.67. The fourth-order valence-corrected chi connectivity index (χ4v) is 1.17. The molecule has 0 bridgehead atoms. The van der Waals surface area contributed by atoms with Crippen molar-refractivity contribution in [2.45, 2.75) is 20.8 Å². The quantitative estimate of drug-likeness (QED) is 0.586. The molecule has 0 saturated heterocycles. The molecule has 0 aliphatic rings. The standard InChI is InChI=1S/C12H21N/c1-6-9-12(7-2)11(4)10-13(5)8-3/h6-7,9H,2,8,10H2,1,3-5H3/b9-6-,12-11+. The van der Waals surface area contributed by atoms with Crippen LogP contribution in [-0.2, 0) is 0 Å². The van der Waals surface area contributed by atoms with E-state index in [9.17, 15) is 0 Å². The van der Waals surface area contributed by atoms with Gasteiger partial charge in [0.2, 0.25) is 0 Å². The molecule has 1 nitrogen and oxygen atoms in total. The van der Waals surface area contributed by atoms with Gasteiger partial charge in [-0.1, -0.05) is 37.3 Å². The molecule has 0 aromatic carbocycles. The Morgan fingerprint density at radius 1 is 1.46 bits per heavy atom. The number of hydrogen-bond acceptors (Lipinski definition) is 1. The maximum Gasteiger partial charge on any atom is 0.0195 e. The van der Waals surface area contributed by atoms with E-state index in [1.807, 2.05) is 19.1 Å². The molecule has 0 atom stereocenters. The minimum absolute atomic E-state index is 1.02. The van der Waals surface area contributed by atoms with E-state index in [-0.39, 0.29) is 0 Å². The van der Waals surface area contributed by atoms with Gasteiger partial charge in [-0.3, -0.25) is 0 Å². The monoisotopic (exact) mass is 179 g/mol. The second-order valence-corrected chi connectivity index (χ2v) is 3.27. The van der Waals surface area contributed by atoms with Crippen molar-refractivity contribution in [1.29, 1.82) is 0 Å². The highest BCUT2D eigenvalue weighted by molar-refractivity contribution is 5.34. The molecule has 74 valence electrons. The zero-order chi connectivity index (χ0) is 10.3. The van der Waals surface area contributed by atoms with Gasteiger partial charge in [-0.2, -0.15) is 0 Å². The first-order chi connectivity index (χ1) is 6.15. The van der Waals surface area contributed by atoms with Crippen LogP contribution in [0.4, 0.5) is 0 Å². The molecule has 0 aliphatic carbocycles. The van der Waals surface area contributed by atoms with E-state index in [1.165, 1.54) is 11.1 Å². The van der Waals surface area contributed by atoms with Crippen LogP contribution in [0, 0.1) is 0 Å². The minimum Gasteiger partial charge on any atom is -0.303 e. The second-order valence-electron chi connectivity index (χ2n) is 3.27. The van der Waals surface area contributed by atoms with Gasteiger partial charge in [-0.15, -0.1) is 0 Å². The van der Waals surface area contributed by atoms with Crippen molar-refractivity contribution in [1.82, 2.24) is 4.90 Å². The summed E-state index contributed by atoms with van der Waals surface area (Å²) in [5, 5.41) is 0. The highest BCUT2D eigenvalue weighted by Crippen LogP contribution is 2.08. The largest absolute Gasteiger partial charge is 0.303 e. The van der Waals surface area contributed by atoms with Crippen LogP contribution >= 0.6 is 0 Å². The van der Waals surface area contributed by atoms with E-state index in [2.05, 4.69) is 38.5 Å². The number of nitrogens with zero attached hydrogens (tertiary/aromatic N) is 1. The van der Waals surface area contributed by atoms with Gasteiger partial charge in [0, 0.05) is 6.54 Å². The SMILES string of the molecule is C=CC(/C=C\C)=C(/C)CN(C)CC. The van der Waals surface area contributed by atoms with Crippen molar-refractivity contribution >= 4 is 0 Å². The number of rotatable bonds is 5. The first-order valence-corrected chi connectivity index (χ1v) is 4.79. The highest BCUT2D eigenvalue weighted by Gasteiger charge is 1.98. The summed E-state index contributed by atoms with van der Waals surface area (Å²) in [6.45, 7) is 12.3. The van der Waals surface area contributed by atoms with Gasteiger partial charge < -0.3 is 4.90 Å². The summed E-state index contributed by atoms with van der Waals surface area (Å²) in [6, 6.07) is 0. The molecular formula is C12H21N. The first-order valence-electron chi connectivity index (χ1n) is 4.79. The molecule has 0 rings (SSSR count). The smallest absolute Gasteiger partial charge is 0.0195 e. The summed E-state index contributed by atoms with van der Waals surface area (Å²) in [4.78, 5) is 2.28. The van der Waals surface area contributed by atoms with Crippen LogP contribution in [0.15, 0.2) is 36.0 Å². The predicted molar refractivity (Wildman–Crippen MR) is 60.9 cm³/mol. The Hall–Kier alpha value is -0.820. The molecule has 0 aromatic rings. The molecule has 0 aromatic heterocycles. The molecule has 0 radical (unpaired) electrons. The highest BCUT2D eigenvalue weighted by atomic mass is 15.1. The van der Waals surface area contributed by atoms with Crippen LogP contribution in [0.25, 0.3) is 0 Å². The first kappa shape index (κ1) is 12.2. The summed E-state index contributed by atoms with van der Waals surface area (Å²) in [5.41, 5.74) is 2.61. The Balaban J connectivity index is 4.46. The van der Waals surface area contributed by atoms with E-state index >= 15 is 0 Å². The van der Waals surface area contributed by atoms with Gasteiger partial charge in [0.25, 0.3) is 0 Å². The summed E-state index contributed by atoms with van der Waals surface area (Å²) in [7, 11) is 2.12. The zero-order valence-electron chi connectivity index (χ0n) is 9.30. The molecule has 0 amide bonds. The third kappa shape index (κ3) is 4.69. The van der Waals surface area contributed by atoms with E-state index < -0.39 is 0 Å². The zero-order valence-corrected chi connectivity index (χ0v) is 9.30. The average molecular weight is 179 g/mol. The van der Waals surface area contributed by atoms with E-state index in [1.54, 1.807) is 0 Å². The molecular weight excluding hydrogens is 158 g/mol. The van der Waals surface area contributed by atoms with Crippen molar-refractivity contribution in [2.24, 2.45) is 0 Å². The van der Waals surface area contributed by atoms with Gasteiger partial charge in [-0.25, -0.2) is 0 Å². The fraction of sp³-hybridized carbons (Fsp3) is 0.500. The predicted octanol–water partition coefficient (Wildman–Crippen LogP) is 3.02. The van der Waals surface area contributed by atoms with Gasteiger partial charge >= 0.3 is 0 Å². The Morgan fingerprint density at radius 2 is 2.08 bits per heavy atom. The number of hydrogen-bond donors (Lipinski definition) is 0. The maximum atomic E-state index is 3.81. The van der Waals surface area contributed by atoms with Crippen LogP contribution in [0.3, 0.4) is 0 Å². The van der Waals surface area contributed by atoms with Crippen LogP contribution in [-0.4, -0.2) is 25.0 Å². The molecule has 1 heteroatoms.